The van der Waals surface area contributed by atoms with Gasteiger partial charge in [-0.1, -0.05) is 77.3 Å². The lowest BCUT2D eigenvalue weighted by Crippen LogP contribution is -2.27. The van der Waals surface area contributed by atoms with Crippen molar-refractivity contribution >= 4 is 5.69 Å². The Morgan fingerprint density at radius 1 is 0.714 bits per heavy atom. The van der Waals surface area contributed by atoms with E-state index in [1.165, 1.54) is 102 Å². The van der Waals surface area contributed by atoms with Crippen molar-refractivity contribution in [3.63, 3.8) is 0 Å². The molecule has 0 heterocycles. The number of nitro groups is 1. The van der Waals surface area contributed by atoms with E-state index >= 15 is 0 Å². The van der Waals surface area contributed by atoms with E-state index in [9.17, 15) is 10.1 Å². The van der Waals surface area contributed by atoms with Gasteiger partial charge in [0, 0.05) is 12.1 Å². The number of benzene rings is 1. The van der Waals surface area contributed by atoms with Crippen LogP contribution in [0.25, 0.3) is 0 Å². The molecule has 0 saturated heterocycles. The number of nitrogens with zero attached hydrogens (tertiary/aromatic N) is 2. The molecular weight excluding hydrogens is 348 g/mol. The number of non-ortho nitro benzene ring substituents is 1. The first-order chi connectivity index (χ1) is 13.7. The van der Waals surface area contributed by atoms with Crippen LogP contribution in [0.1, 0.15) is 96.5 Å². The SMILES string of the molecule is CCCCCCN(CCCCCC)CCCCCCc1ccc([N+](=O)[O-])cc1. The minimum Gasteiger partial charge on any atom is -0.303 e. The van der Waals surface area contributed by atoms with Crippen LogP contribution < -0.4 is 0 Å². The van der Waals surface area contributed by atoms with Crippen molar-refractivity contribution in [2.24, 2.45) is 0 Å². The second kappa shape index (κ2) is 16.5. The van der Waals surface area contributed by atoms with Crippen molar-refractivity contribution in [2.75, 3.05) is 19.6 Å². The summed E-state index contributed by atoms with van der Waals surface area (Å²) in [6.07, 6.45) is 16.8. The van der Waals surface area contributed by atoms with Crippen molar-refractivity contribution < 1.29 is 4.92 Å². The highest BCUT2D eigenvalue weighted by Gasteiger charge is 2.06. The summed E-state index contributed by atoms with van der Waals surface area (Å²) in [5.74, 6) is 0. The molecule has 0 aliphatic rings. The predicted octanol–water partition coefficient (Wildman–Crippen LogP) is 7.16. The Morgan fingerprint density at radius 3 is 1.64 bits per heavy atom. The average Bonchev–Trinajstić information content (AvgIpc) is 2.70. The molecule has 0 bridgehead atoms. The molecule has 0 atom stereocenters. The average molecular weight is 391 g/mol. The van der Waals surface area contributed by atoms with Crippen LogP contribution in [0.15, 0.2) is 24.3 Å². The second-order valence-corrected chi connectivity index (χ2v) is 8.05. The highest BCUT2D eigenvalue weighted by atomic mass is 16.6. The molecule has 0 spiro atoms. The molecule has 1 aromatic carbocycles. The minimum atomic E-state index is -0.333. The Kier molecular flexibility index (Phi) is 14.5. The molecule has 0 N–H and O–H groups in total. The zero-order valence-corrected chi connectivity index (χ0v) is 18.3. The molecule has 160 valence electrons. The number of aryl methyl sites for hydroxylation is 1. The summed E-state index contributed by atoms with van der Waals surface area (Å²) in [4.78, 5) is 13.1. The van der Waals surface area contributed by atoms with E-state index < -0.39 is 0 Å². The summed E-state index contributed by atoms with van der Waals surface area (Å²) in [5, 5.41) is 10.7. The smallest absolute Gasteiger partial charge is 0.269 e. The number of rotatable bonds is 18. The third-order valence-electron chi connectivity index (χ3n) is 5.49. The molecule has 0 aliphatic carbocycles. The minimum absolute atomic E-state index is 0.182. The molecule has 0 saturated carbocycles. The highest BCUT2D eigenvalue weighted by molar-refractivity contribution is 5.32. The molecule has 0 fully saturated rings. The van der Waals surface area contributed by atoms with Gasteiger partial charge in [0.05, 0.1) is 4.92 Å². The van der Waals surface area contributed by atoms with Crippen LogP contribution in [0.4, 0.5) is 5.69 Å². The Bertz CT molecular complexity index is 490. The van der Waals surface area contributed by atoms with Gasteiger partial charge in [0.2, 0.25) is 0 Å². The maximum atomic E-state index is 10.7. The fraction of sp³-hybridized carbons (Fsp3) is 0.750. The largest absolute Gasteiger partial charge is 0.303 e. The summed E-state index contributed by atoms with van der Waals surface area (Å²) < 4.78 is 0. The molecule has 1 aromatic rings. The van der Waals surface area contributed by atoms with E-state index in [0.717, 1.165) is 6.42 Å². The van der Waals surface area contributed by atoms with Crippen LogP contribution in [-0.2, 0) is 6.42 Å². The number of hydrogen-bond donors (Lipinski definition) is 0. The third-order valence-corrected chi connectivity index (χ3v) is 5.49. The third kappa shape index (κ3) is 12.1. The van der Waals surface area contributed by atoms with E-state index in [1.807, 2.05) is 12.1 Å². The molecule has 0 radical (unpaired) electrons. The van der Waals surface area contributed by atoms with Gasteiger partial charge in [-0.3, -0.25) is 10.1 Å². The molecule has 0 amide bonds. The molecule has 4 heteroatoms. The summed E-state index contributed by atoms with van der Waals surface area (Å²) in [5.41, 5.74) is 1.39. The normalized spacial score (nSPS) is 11.2. The zero-order chi connectivity index (χ0) is 20.5. The van der Waals surface area contributed by atoms with Crippen molar-refractivity contribution in [3.05, 3.63) is 39.9 Å². The van der Waals surface area contributed by atoms with Crippen LogP contribution in [0.2, 0.25) is 0 Å². The monoisotopic (exact) mass is 390 g/mol. The molecular formula is C24H42N2O2. The lowest BCUT2D eigenvalue weighted by atomic mass is 10.1. The first-order valence-corrected chi connectivity index (χ1v) is 11.6. The molecule has 1 rings (SSSR count). The topological polar surface area (TPSA) is 46.4 Å². The Hall–Kier alpha value is -1.42. The number of hydrogen-bond acceptors (Lipinski definition) is 3. The fourth-order valence-corrected chi connectivity index (χ4v) is 3.66. The predicted molar refractivity (Wildman–Crippen MR) is 120 cm³/mol. The van der Waals surface area contributed by atoms with Gasteiger partial charge in [0.15, 0.2) is 0 Å². The molecule has 0 unspecified atom stereocenters. The quantitative estimate of drug-likeness (QED) is 0.152. The van der Waals surface area contributed by atoms with Gasteiger partial charge in [0.25, 0.3) is 5.69 Å². The fourth-order valence-electron chi connectivity index (χ4n) is 3.66. The van der Waals surface area contributed by atoms with Gasteiger partial charge in [-0.05, 0) is 57.3 Å². The Labute approximate surface area is 172 Å². The lowest BCUT2D eigenvalue weighted by molar-refractivity contribution is -0.384. The van der Waals surface area contributed by atoms with Crippen molar-refractivity contribution in [1.29, 1.82) is 0 Å². The van der Waals surface area contributed by atoms with Crippen LogP contribution in [-0.4, -0.2) is 29.5 Å². The van der Waals surface area contributed by atoms with Crippen LogP contribution in [0.5, 0.6) is 0 Å². The van der Waals surface area contributed by atoms with Crippen molar-refractivity contribution in [3.8, 4) is 0 Å². The summed E-state index contributed by atoms with van der Waals surface area (Å²) >= 11 is 0. The first-order valence-electron chi connectivity index (χ1n) is 11.6. The van der Waals surface area contributed by atoms with Crippen molar-refractivity contribution in [2.45, 2.75) is 97.3 Å². The van der Waals surface area contributed by atoms with Gasteiger partial charge in [-0.2, -0.15) is 0 Å². The van der Waals surface area contributed by atoms with E-state index in [2.05, 4.69) is 18.7 Å². The molecule has 4 nitrogen and oxygen atoms in total. The van der Waals surface area contributed by atoms with Gasteiger partial charge in [-0.15, -0.1) is 0 Å². The van der Waals surface area contributed by atoms with E-state index in [-0.39, 0.29) is 10.6 Å². The summed E-state index contributed by atoms with van der Waals surface area (Å²) in [6.45, 7) is 8.35. The van der Waals surface area contributed by atoms with Gasteiger partial charge >= 0.3 is 0 Å². The van der Waals surface area contributed by atoms with E-state index in [4.69, 9.17) is 0 Å². The lowest BCUT2D eigenvalue weighted by Gasteiger charge is -2.22. The maximum Gasteiger partial charge on any atom is 0.269 e. The standard InChI is InChI=1S/C24H42N2O2/c1-3-5-7-12-20-25(21-13-8-6-4-2)22-14-10-9-11-15-23-16-18-24(19-17-23)26(27)28/h16-19H,3-15,20-22H2,1-2H3. The maximum absolute atomic E-state index is 10.7. The summed E-state index contributed by atoms with van der Waals surface area (Å²) in [6, 6.07) is 7.02. The highest BCUT2D eigenvalue weighted by Crippen LogP contribution is 2.15. The van der Waals surface area contributed by atoms with Crippen molar-refractivity contribution in [1.82, 2.24) is 4.90 Å². The van der Waals surface area contributed by atoms with E-state index in [1.54, 1.807) is 12.1 Å². The molecule has 28 heavy (non-hydrogen) atoms. The van der Waals surface area contributed by atoms with Gasteiger partial charge in [-0.25, -0.2) is 0 Å². The van der Waals surface area contributed by atoms with Crippen LogP contribution in [0, 0.1) is 10.1 Å². The van der Waals surface area contributed by atoms with Crippen LogP contribution >= 0.6 is 0 Å². The van der Waals surface area contributed by atoms with E-state index in [0.29, 0.717) is 0 Å². The number of unbranched alkanes of at least 4 members (excludes halogenated alkanes) is 9. The zero-order valence-electron chi connectivity index (χ0n) is 18.3. The van der Waals surface area contributed by atoms with Gasteiger partial charge in [0.1, 0.15) is 0 Å². The summed E-state index contributed by atoms with van der Waals surface area (Å²) in [7, 11) is 0. The van der Waals surface area contributed by atoms with Crippen LogP contribution in [0.3, 0.4) is 0 Å². The van der Waals surface area contributed by atoms with Gasteiger partial charge < -0.3 is 4.90 Å². The first kappa shape index (κ1) is 24.6. The second-order valence-electron chi connectivity index (χ2n) is 8.05. The Balaban J connectivity index is 2.17. The molecule has 0 aromatic heterocycles. The number of nitro benzene ring substituents is 1. The molecule has 0 aliphatic heterocycles. The Morgan fingerprint density at radius 2 is 1.18 bits per heavy atom.